The fourth-order valence-electron chi connectivity index (χ4n) is 3.58. The summed E-state index contributed by atoms with van der Waals surface area (Å²) >= 11 is 5.54. The number of thiocarbonyl (C=S) groups is 1. The number of ether oxygens (including phenoxy) is 2. The Labute approximate surface area is 198 Å². The number of methoxy groups -OCH3 is 1. The molecule has 0 radical (unpaired) electrons. The van der Waals surface area contributed by atoms with Gasteiger partial charge in [-0.1, -0.05) is 12.1 Å². The van der Waals surface area contributed by atoms with Crippen LogP contribution in [0.25, 0.3) is 0 Å². The van der Waals surface area contributed by atoms with Crippen LogP contribution in [0.5, 0.6) is 5.75 Å². The molecule has 0 aromatic heterocycles. The average molecular weight is 470 g/mol. The maximum Gasteiger partial charge on any atom is 0.338 e. The van der Waals surface area contributed by atoms with Gasteiger partial charge in [-0.15, -0.1) is 0 Å². The van der Waals surface area contributed by atoms with E-state index in [0.29, 0.717) is 29.5 Å². The van der Waals surface area contributed by atoms with Crippen molar-refractivity contribution in [2.45, 2.75) is 32.9 Å². The van der Waals surface area contributed by atoms with Crippen LogP contribution in [-0.4, -0.2) is 59.0 Å². The second kappa shape index (κ2) is 10.9. The largest absolute Gasteiger partial charge is 0.497 e. The van der Waals surface area contributed by atoms with Crippen molar-refractivity contribution >= 4 is 40.8 Å². The van der Waals surface area contributed by atoms with Gasteiger partial charge in [0.25, 0.3) is 5.91 Å². The third-order valence-corrected chi connectivity index (χ3v) is 5.75. The molecule has 9 heteroatoms. The molecule has 1 aliphatic rings. The van der Waals surface area contributed by atoms with E-state index in [4.69, 9.17) is 21.7 Å². The molecule has 2 amide bonds. The lowest BCUT2D eigenvalue weighted by molar-refractivity contribution is -0.130. The van der Waals surface area contributed by atoms with Gasteiger partial charge in [0.15, 0.2) is 5.11 Å². The number of hydrogen-bond donors (Lipinski definition) is 1. The van der Waals surface area contributed by atoms with Gasteiger partial charge in [-0.05, 0) is 68.0 Å². The molecule has 1 unspecified atom stereocenters. The Morgan fingerprint density at radius 1 is 1.06 bits per heavy atom. The number of amides is 2. The quantitative estimate of drug-likeness (QED) is 0.446. The number of carbonyl (C=O) groups excluding carboxylic acids is 3. The van der Waals surface area contributed by atoms with Crippen molar-refractivity contribution in [3.8, 4) is 5.75 Å². The number of nitrogens with one attached hydrogen (secondary N) is 1. The molecule has 1 fully saturated rings. The number of likely N-dealkylation sites (N-methyl/N-ethyl adjacent to an activating group) is 1. The number of nitrogens with zero attached hydrogens (tertiary/aromatic N) is 2. The SMILES string of the molecule is CCOC(=O)c1ccc(NC(=O)CC2C(=O)N(CC)C(=S)N2Cc2ccc(OC)cc2)cc1. The maximum atomic E-state index is 13.0. The van der Waals surface area contributed by atoms with E-state index in [0.717, 1.165) is 11.3 Å². The fraction of sp³-hybridized carbons (Fsp3) is 0.333. The van der Waals surface area contributed by atoms with Gasteiger partial charge >= 0.3 is 5.97 Å². The molecule has 1 N–H and O–H groups in total. The van der Waals surface area contributed by atoms with Crippen LogP contribution in [0.3, 0.4) is 0 Å². The molecule has 174 valence electrons. The molecular weight excluding hydrogens is 442 g/mol. The van der Waals surface area contributed by atoms with Gasteiger partial charge in [0, 0.05) is 18.8 Å². The van der Waals surface area contributed by atoms with E-state index in [9.17, 15) is 14.4 Å². The molecule has 0 saturated carbocycles. The number of carbonyl (C=O) groups is 3. The van der Waals surface area contributed by atoms with Crippen molar-refractivity contribution in [2.24, 2.45) is 0 Å². The van der Waals surface area contributed by atoms with Gasteiger partial charge in [0.1, 0.15) is 11.8 Å². The first-order chi connectivity index (χ1) is 15.9. The van der Waals surface area contributed by atoms with E-state index in [-0.39, 0.29) is 24.8 Å². The van der Waals surface area contributed by atoms with Crippen LogP contribution in [0, 0.1) is 0 Å². The van der Waals surface area contributed by atoms with Crippen molar-refractivity contribution in [3.63, 3.8) is 0 Å². The number of benzene rings is 2. The van der Waals surface area contributed by atoms with E-state index in [1.807, 2.05) is 31.2 Å². The lowest BCUT2D eigenvalue weighted by Gasteiger charge is -2.24. The van der Waals surface area contributed by atoms with Crippen LogP contribution >= 0.6 is 12.2 Å². The topological polar surface area (TPSA) is 88.2 Å². The first kappa shape index (κ1) is 24.2. The first-order valence-corrected chi connectivity index (χ1v) is 11.1. The number of hydrogen-bond acceptors (Lipinski definition) is 6. The average Bonchev–Trinajstić information content (AvgIpc) is 3.03. The summed E-state index contributed by atoms with van der Waals surface area (Å²) in [6.45, 7) is 4.71. The summed E-state index contributed by atoms with van der Waals surface area (Å²) < 4.78 is 10.2. The molecule has 1 saturated heterocycles. The molecule has 0 spiro atoms. The highest BCUT2D eigenvalue weighted by Crippen LogP contribution is 2.24. The van der Waals surface area contributed by atoms with Crippen molar-refractivity contribution in [3.05, 3.63) is 59.7 Å². The van der Waals surface area contributed by atoms with Crippen LogP contribution in [0.1, 0.15) is 36.2 Å². The molecule has 2 aromatic rings. The third-order valence-electron chi connectivity index (χ3n) is 5.29. The summed E-state index contributed by atoms with van der Waals surface area (Å²) in [6, 6.07) is 13.2. The zero-order valence-corrected chi connectivity index (χ0v) is 19.7. The van der Waals surface area contributed by atoms with Crippen molar-refractivity contribution in [1.29, 1.82) is 0 Å². The summed E-state index contributed by atoms with van der Waals surface area (Å²) in [5.74, 6) is -0.199. The summed E-state index contributed by atoms with van der Waals surface area (Å²) in [5, 5.41) is 3.20. The molecule has 8 nitrogen and oxygen atoms in total. The third kappa shape index (κ3) is 5.67. The zero-order chi connectivity index (χ0) is 24.0. The fourth-order valence-corrected chi connectivity index (χ4v) is 3.99. The lowest BCUT2D eigenvalue weighted by atomic mass is 10.1. The number of anilines is 1. The van der Waals surface area contributed by atoms with Gasteiger partial charge in [0.2, 0.25) is 5.91 Å². The van der Waals surface area contributed by atoms with Crippen LogP contribution in [0.4, 0.5) is 5.69 Å². The molecule has 0 bridgehead atoms. The molecule has 0 aliphatic carbocycles. The molecule has 2 aromatic carbocycles. The van der Waals surface area contributed by atoms with E-state index in [1.165, 1.54) is 4.90 Å². The summed E-state index contributed by atoms with van der Waals surface area (Å²) in [5.41, 5.74) is 1.87. The Kier molecular flexibility index (Phi) is 8.00. The van der Waals surface area contributed by atoms with E-state index >= 15 is 0 Å². The smallest absolute Gasteiger partial charge is 0.338 e. The van der Waals surface area contributed by atoms with Crippen LogP contribution in [0.15, 0.2) is 48.5 Å². The van der Waals surface area contributed by atoms with Gasteiger partial charge in [-0.2, -0.15) is 0 Å². The molecule has 33 heavy (non-hydrogen) atoms. The van der Waals surface area contributed by atoms with Gasteiger partial charge in [-0.3, -0.25) is 14.5 Å². The van der Waals surface area contributed by atoms with Gasteiger partial charge < -0.3 is 19.7 Å². The van der Waals surface area contributed by atoms with Crippen molar-refractivity contribution < 1.29 is 23.9 Å². The summed E-state index contributed by atoms with van der Waals surface area (Å²) in [4.78, 5) is 40.8. The van der Waals surface area contributed by atoms with E-state index < -0.39 is 12.0 Å². The Hall–Kier alpha value is -3.46. The molecule has 1 aliphatic heterocycles. The van der Waals surface area contributed by atoms with Gasteiger partial charge in [0.05, 0.1) is 25.7 Å². The summed E-state index contributed by atoms with van der Waals surface area (Å²) in [7, 11) is 1.60. The highest BCUT2D eigenvalue weighted by Gasteiger charge is 2.42. The lowest BCUT2D eigenvalue weighted by Crippen LogP contribution is -2.37. The second-order valence-electron chi connectivity index (χ2n) is 7.41. The predicted octanol–water partition coefficient (Wildman–Crippen LogP) is 3.22. The molecule has 3 rings (SSSR count). The molecular formula is C24H27N3O5S. The maximum absolute atomic E-state index is 13.0. The highest BCUT2D eigenvalue weighted by atomic mass is 32.1. The number of rotatable bonds is 9. The normalized spacial score (nSPS) is 15.5. The van der Waals surface area contributed by atoms with Crippen LogP contribution < -0.4 is 10.1 Å². The Morgan fingerprint density at radius 3 is 2.30 bits per heavy atom. The zero-order valence-electron chi connectivity index (χ0n) is 18.9. The highest BCUT2D eigenvalue weighted by molar-refractivity contribution is 7.80. The Bertz CT molecular complexity index is 1020. The molecule has 1 heterocycles. The van der Waals surface area contributed by atoms with E-state index in [2.05, 4.69) is 5.32 Å². The van der Waals surface area contributed by atoms with Crippen LogP contribution in [0.2, 0.25) is 0 Å². The minimum atomic E-state index is -0.696. The summed E-state index contributed by atoms with van der Waals surface area (Å²) in [6.07, 6.45) is -0.0503. The van der Waals surface area contributed by atoms with Crippen LogP contribution in [-0.2, 0) is 20.9 Å². The minimum absolute atomic E-state index is 0.0503. The minimum Gasteiger partial charge on any atom is -0.497 e. The second-order valence-corrected chi connectivity index (χ2v) is 7.77. The van der Waals surface area contributed by atoms with Crippen molar-refractivity contribution in [1.82, 2.24) is 9.80 Å². The standard InChI is InChI=1S/C24H27N3O5S/c1-4-26-22(29)20(27(24(26)33)15-16-6-12-19(31-3)13-7-16)14-21(28)25-18-10-8-17(9-11-18)23(30)32-5-2/h6-13,20H,4-5,14-15H2,1-3H3,(H,25,28). The van der Waals surface area contributed by atoms with E-state index in [1.54, 1.807) is 43.2 Å². The Balaban J connectivity index is 1.70. The Morgan fingerprint density at radius 2 is 1.73 bits per heavy atom. The van der Waals surface area contributed by atoms with Gasteiger partial charge in [-0.25, -0.2) is 4.79 Å². The first-order valence-electron chi connectivity index (χ1n) is 10.7. The monoisotopic (exact) mass is 469 g/mol. The number of esters is 1. The van der Waals surface area contributed by atoms with Crippen molar-refractivity contribution in [2.75, 3.05) is 25.6 Å². The predicted molar refractivity (Wildman–Crippen MR) is 128 cm³/mol. The molecule has 1 atom stereocenters.